The maximum absolute atomic E-state index is 9.41. The molecule has 3 rings (SSSR count). The van der Waals surface area contributed by atoms with Crippen molar-refractivity contribution >= 4 is 11.3 Å². The van der Waals surface area contributed by atoms with E-state index in [4.69, 9.17) is 0 Å². The van der Waals surface area contributed by atoms with Crippen molar-refractivity contribution in [2.75, 3.05) is 39.3 Å². The van der Waals surface area contributed by atoms with E-state index in [1.165, 1.54) is 42.1 Å². The number of aliphatic hydroxyl groups excluding tert-OH is 1. The van der Waals surface area contributed by atoms with E-state index in [-0.39, 0.29) is 0 Å². The van der Waals surface area contributed by atoms with Crippen LogP contribution in [0.4, 0.5) is 0 Å². The van der Waals surface area contributed by atoms with Gasteiger partial charge in [0.25, 0.3) is 0 Å². The molecule has 5 heteroatoms. The summed E-state index contributed by atoms with van der Waals surface area (Å²) in [5.41, 5.74) is 0. The van der Waals surface area contributed by atoms with Crippen LogP contribution in [0.15, 0.2) is 12.1 Å². The highest BCUT2D eigenvalue weighted by atomic mass is 32.1. The molecule has 1 atom stereocenters. The van der Waals surface area contributed by atoms with Crippen molar-refractivity contribution in [2.24, 2.45) is 0 Å². The third-order valence-corrected chi connectivity index (χ3v) is 6.72. The Morgan fingerprint density at radius 1 is 1.00 bits per heavy atom. The van der Waals surface area contributed by atoms with Crippen molar-refractivity contribution in [3.05, 3.63) is 21.9 Å². The topological polar surface area (TPSA) is 30.0 Å². The van der Waals surface area contributed by atoms with Gasteiger partial charge in [0.15, 0.2) is 0 Å². The molecule has 1 N–H and O–H groups in total. The summed E-state index contributed by atoms with van der Waals surface area (Å²) in [5.74, 6) is 0. The van der Waals surface area contributed by atoms with E-state index in [0.29, 0.717) is 18.7 Å². The summed E-state index contributed by atoms with van der Waals surface area (Å²) in [6.45, 7) is 12.9. The van der Waals surface area contributed by atoms with Crippen molar-refractivity contribution < 1.29 is 5.11 Å². The minimum Gasteiger partial charge on any atom is -0.396 e. The molecule has 0 aliphatic carbocycles. The molecule has 0 spiro atoms. The molecule has 0 radical (unpaired) electrons. The van der Waals surface area contributed by atoms with Gasteiger partial charge in [-0.15, -0.1) is 11.3 Å². The Kier molecular flexibility index (Phi) is 7.31. The van der Waals surface area contributed by atoms with Crippen molar-refractivity contribution in [3.63, 3.8) is 0 Å². The van der Waals surface area contributed by atoms with Crippen molar-refractivity contribution in [3.8, 4) is 0 Å². The Balaban J connectivity index is 1.52. The largest absolute Gasteiger partial charge is 0.396 e. The van der Waals surface area contributed by atoms with E-state index < -0.39 is 0 Å². The van der Waals surface area contributed by atoms with E-state index in [1.54, 1.807) is 0 Å². The van der Waals surface area contributed by atoms with Gasteiger partial charge in [0.1, 0.15) is 0 Å². The number of rotatable bonds is 7. The molecule has 2 saturated heterocycles. The lowest BCUT2D eigenvalue weighted by Gasteiger charge is -2.43. The molecule has 0 bridgehead atoms. The van der Waals surface area contributed by atoms with Gasteiger partial charge in [0.05, 0.1) is 0 Å². The van der Waals surface area contributed by atoms with Gasteiger partial charge in [-0.25, -0.2) is 0 Å². The quantitative estimate of drug-likeness (QED) is 0.804. The predicted octanol–water partition coefficient (Wildman–Crippen LogP) is 3.01. The van der Waals surface area contributed by atoms with Gasteiger partial charge < -0.3 is 5.11 Å². The molecular weight excluding hydrogens is 330 g/mol. The summed E-state index contributed by atoms with van der Waals surface area (Å²) >= 11 is 2.00. The molecule has 0 amide bonds. The fourth-order valence-corrected chi connectivity index (χ4v) is 5.42. The Hall–Kier alpha value is -0.460. The van der Waals surface area contributed by atoms with E-state index in [0.717, 1.165) is 39.1 Å². The fraction of sp³-hybridized carbons (Fsp3) is 0.800. The molecule has 2 aliphatic rings. The van der Waals surface area contributed by atoms with Gasteiger partial charge in [-0.1, -0.05) is 6.42 Å². The molecular formula is C20H35N3OS. The standard InChI is InChI=1S/C20H35N3OS/c1-17(2)23-12-11-22(14-18(23)8-13-24)16-20-7-6-19(25-20)15-21-9-4-3-5-10-21/h6-7,17-18,24H,3-5,8-16H2,1-2H3/t18-/m1/s1. The van der Waals surface area contributed by atoms with Gasteiger partial charge in [0.2, 0.25) is 0 Å². The Labute approximate surface area is 157 Å². The molecule has 142 valence electrons. The first kappa shape index (κ1) is 19.3. The minimum atomic E-state index is 0.292. The highest BCUT2D eigenvalue weighted by Crippen LogP contribution is 2.24. The van der Waals surface area contributed by atoms with Crippen LogP contribution in [0, 0.1) is 0 Å². The Morgan fingerprint density at radius 2 is 1.68 bits per heavy atom. The second-order valence-corrected chi connectivity index (χ2v) is 9.19. The van der Waals surface area contributed by atoms with Gasteiger partial charge in [-0.05, 0) is 58.3 Å². The summed E-state index contributed by atoms with van der Waals surface area (Å²) in [6.07, 6.45) is 5.03. The smallest absolute Gasteiger partial charge is 0.0446 e. The van der Waals surface area contributed by atoms with Crippen LogP contribution in [0.2, 0.25) is 0 Å². The van der Waals surface area contributed by atoms with Gasteiger partial charge in [-0.3, -0.25) is 14.7 Å². The average Bonchev–Trinajstić information content (AvgIpc) is 3.03. The number of thiophene rings is 1. The van der Waals surface area contributed by atoms with Crippen molar-refractivity contribution in [1.82, 2.24) is 14.7 Å². The fourth-order valence-electron chi connectivity index (χ4n) is 4.31. The second-order valence-electron chi connectivity index (χ2n) is 7.94. The van der Waals surface area contributed by atoms with Gasteiger partial charge in [-0.2, -0.15) is 0 Å². The predicted molar refractivity (Wildman–Crippen MR) is 106 cm³/mol. The van der Waals surface area contributed by atoms with Crippen LogP contribution < -0.4 is 0 Å². The van der Waals surface area contributed by atoms with E-state index in [2.05, 4.69) is 40.7 Å². The van der Waals surface area contributed by atoms with Crippen LogP contribution in [0.3, 0.4) is 0 Å². The lowest BCUT2D eigenvalue weighted by atomic mass is 10.1. The first-order valence-corrected chi connectivity index (χ1v) is 10.9. The summed E-state index contributed by atoms with van der Waals surface area (Å²) in [4.78, 5) is 10.8. The first-order valence-electron chi connectivity index (χ1n) is 10.0. The number of hydrogen-bond acceptors (Lipinski definition) is 5. The van der Waals surface area contributed by atoms with E-state index >= 15 is 0 Å². The Bertz CT molecular complexity index is 513. The number of piperidine rings is 1. The molecule has 1 aromatic heterocycles. The Morgan fingerprint density at radius 3 is 2.32 bits per heavy atom. The zero-order valence-electron chi connectivity index (χ0n) is 16.0. The normalized spacial score (nSPS) is 24.2. The van der Waals surface area contributed by atoms with Crippen molar-refractivity contribution in [1.29, 1.82) is 0 Å². The van der Waals surface area contributed by atoms with Crippen LogP contribution in [0.25, 0.3) is 0 Å². The molecule has 0 unspecified atom stereocenters. The van der Waals surface area contributed by atoms with Crippen LogP contribution in [0.1, 0.15) is 49.3 Å². The highest BCUT2D eigenvalue weighted by molar-refractivity contribution is 7.11. The average molecular weight is 366 g/mol. The SMILES string of the molecule is CC(C)N1CCN(Cc2ccc(CN3CCCCC3)s2)C[C@H]1CCO. The third-order valence-electron chi connectivity index (χ3n) is 5.66. The lowest BCUT2D eigenvalue weighted by molar-refractivity contribution is 0.0353. The maximum atomic E-state index is 9.41. The number of piperazine rings is 1. The second kappa shape index (κ2) is 9.47. The molecule has 0 saturated carbocycles. The molecule has 2 fully saturated rings. The van der Waals surface area contributed by atoms with Crippen molar-refractivity contribution in [2.45, 2.75) is 64.7 Å². The summed E-state index contributed by atoms with van der Waals surface area (Å²) in [6, 6.07) is 5.73. The minimum absolute atomic E-state index is 0.292. The monoisotopic (exact) mass is 365 g/mol. The lowest BCUT2D eigenvalue weighted by Crippen LogP contribution is -2.55. The molecule has 1 aromatic rings. The molecule has 2 aliphatic heterocycles. The molecule has 25 heavy (non-hydrogen) atoms. The van der Waals surface area contributed by atoms with Crippen LogP contribution >= 0.6 is 11.3 Å². The summed E-state index contributed by atoms with van der Waals surface area (Å²) in [5, 5.41) is 9.41. The number of aliphatic hydroxyl groups is 1. The van der Waals surface area contributed by atoms with Gasteiger partial charge in [0, 0.05) is 61.2 Å². The molecule has 4 nitrogen and oxygen atoms in total. The summed E-state index contributed by atoms with van der Waals surface area (Å²) in [7, 11) is 0. The van der Waals surface area contributed by atoms with E-state index in [9.17, 15) is 5.11 Å². The zero-order chi connectivity index (χ0) is 17.6. The van der Waals surface area contributed by atoms with Gasteiger partial charge >= 0.3 is 0 Å². The molecule has 0 aromatic carbocycles. The van der Waals surface area contributed by atoms with Crippen LogP contribution in [-0.2, 0) is 13.1 Å². The maximum Gasteiger partial charge on any atom is 0.0446 e. The first-order chi connectivity index (χ1) is 12.2. The highest BCUT2D eigenvalue weighted by Gasteiger charge is 2.28. The number of hydrogen-bond donors (Lipinski definition) is 1. The van der Waals surface area contributed by atoms with Crippen LogP contribution in [0.5, 0.6) is 0 Å². The van der Waals surface area contributed by atoms with E-state index in [1.807, 2.05) is 11.3 Å². The molecule has 3 heterocycles. The number of likely N-dealkylation sites (tertiary alicyclic amines) is 1. The zero-order valence-corrected chi connectivity index (χ0v) is 16.8. The summed E-state index contributed by atoms with van der Waals surface area (Å²) < 4.78 is 0. The third kappa shape index (κ3) is 5.51. The number of nitrogens with zero attached hydrogens (tertiary/aromatic N) is 3. The van der Waals surface area contributed by atoms with Crippen LogP contribution in [-0.4, -0.2) is 71.2 Å².